The highest BCUT2D eigenvalue weighted by atomic mass is 16.1. The second-order valence-electron chi connectivity index (χ2n) is 7.04. The highest BCUT2D eigenvalue weighted by Gasteiger charge is 2.09. The van der Waals surface area contributed by atoms with Crippen molar-refractivity contribution in [2.24, 2.45) is 0 Å². The summed E-state index contributed by atoms with van der Waals surface area (Å²) in [5.41, 5.74) is 0.873. The number of aromatic nitrogens is 1. The molecule has 0 atom stereocenters. The van der Waals surface area contributed by atoms with Crippen molar-refractivity contribution in [2.75, 3.05) is 0 Å². The van der Waals surface area contributed by atoms with Crippen LogP contribution in [0.2, 0.25) is 0 Å². The van der Waals surface area contributed by atoms with Gasteiger partial charge >= 0.3 is 0 Å². The zero-order valence-corrected chi connectivity index (χ0v) is 16.1. The van der Waals surface area contributed by atoms with E-state index in [1.165, 1.54) is 64.2 Å². The van der Waals surface area contributed by atoms with E-state index in [9.17, 15) is 4.79 Å². The van der Waals surface area contributed by atoms with Gasteiger partial charge in [0.1, 0.15) is 6.54 Å². The summed E-state index contributed by atoms with van der Waals surface area (Å²) < 4.78 is 2.18. The van der Waals surface area contributed by atoms with Crippen LogP contribution in [0.4, 0.5) is 0 Å². The summed E-state index contributed by atoms with van der Waals surface area (Å²) in [6.45, 7) is 5.43. The number of ketones is 1. The van der Waals surface area contributed by atoms with Crippen molar-refractivity contribution in [1.29, 1.82) is 0 Å². The molecule has 0 amide bonds. The van der Waals surface area contributed by atoms with Gasteiger partial charge in [0.15, 0.2) is 18.2 Å². The minimum Gasteiger partial charge on any atom is -0.294 e. The van der Waals surface area contributed by atoms with E-state index in [0.717, 1.165) is 24.9 Å². The number of Topliss-reactive ketones (excluding diaryl/α,β-unsaturated/α-hetero) is 1. The first-order chi connectivity index (χ1) is 11.8. The molecule has 1 aromatic rings. The molecular formula is C22H38NO+. The van der Waals surface area contributed by atoms with Gasteiger partial charge in [0.05, 0.1) is 5.56 Å². The van der Waals surface area contributed by atoms with Gasteiger partial charge in [0.25, 0.3) is 0 Å². The van der Waals surface area contributed by atoms with Crippen molar-refractivity contribution in [3.63, 3.8) is 0 Å². The molecule has 0 fully saturated rings. The van der Waals surface area contributed by atoms with Crippen molar-refractivity contribution in [1.82, 2.24) is 0 Å². The second-order valence-corrected chi connectivity index (χ2v) is 7.04. The summed E-state index contributed by atoms with van der Waals surface area (Å²) in [5, 5.41) is 0. The molecule has 1 rings (SSSR count). The molecule has 0 aromatic carbocycles. The average Bonchev–Trinajstić information content (AvgIpc) is 2.61. The summed E-state index contributed by atoms with van der Waals surface area (Å²) in [4.78, 5) is 12.1. The van der Waals surface area contributed by atoms with Gasteiger partial charge in [0, 0.05) is 18.9 Å². The molecule has 24 heavy (non-hydrogen) atoms. The number of pyridine rings is 1. The minimum atomic E-state index is 0.286. The molecule has 0 bridgehead atoms. The molecule has 0 saturated carbocycles. The van der Waals surface area contributed by atoms with Crippen molar-refractivity contribution in [3.8, 4) is 0 Å². The Bertz CT molecular complexity index is 441. The SMILES string of the molecule is CCCCCCCCCCCC[n+]1cccc(C(=O)CCCC)c1. The third-order valence-corrected chi connectivity index (χ3v) is 4.71. The fraction of sp³-hybridized carbons (Fsp3) is 0.727. The highest BCUT2D eigenvalue weighted by Crippen LogP contribution is 2.10. The quantitative estimate of drug-likeness (QED) is 0.211. The van der Waals surface area contributed by atoms with E-state index in [0.29, 0.717) is 6.42 Å². The summed E-state index contributed by atoms with van der Waals surface area (Å²) in [6.07, 6.45) is 20.5. The lowest BCUT2D eigenvalue weighted by Gasteiger charge is -2.02. The Kier molecular flexibility index (Phi) is 12.3. The molecule has 0 spiro atoms. The first-order valence-corrected chi connectivity index (χ1v) is 10.3. The van der Waals surface area contributed by atoms with Gasteiger partial charge in [-0.3, -0.25) is 4.79 Å². The number of aryl methyl sites for hydroxylation is 1. The number of hydrogen-bond donors (Lipinski definition) is 0. The number of carbonyl (C=O) groups excluding carboxylic acids is 1. The van der Waals surface area contributed by atoms with Crippen molar-refractivity contribution < 1.29 is 9.36 Å². The third kappa shape index (κ3) is 9.85. The molecular weight excluding hydrogens is 294 g/mol. The Morgan fingerprint density at radius 1 is 0.833 bits per heavy atom. The smallest absolute Gasteiger partial charge is 0.179 e. The zero-order chi connectivity index (χ0) is 17.5. The fourth-order valence-corrected chi connectivity index (χ4v) is 3.09. The van der Waals surface area contributed by atoms with Crippen molar-refractivity contribution in [3.05, 3.63) is 30.1 Å². The maximum Gasteiger partial charge on any atom is 0.179 e. The van der Waals surface area contributed by atoms with E-state index in [-0.39, 0.29) is 5.78 Å². The molecule has 0 aliphatic heterocycles. The molecule has 0 unspecified atom stereocenters. The van der Waals surface area contributed by atoms with Gasteiger partial charge in [-0.15, -0.1) is 0 Å². The number of rotatable bonds is 15. The first kappa shape index (κ1) is 20.9. The predicted octanol–water partition coefficient (Wildman–Crippen LogP) is 6.27. The van der Waals surface area contributed by atoms with E-state index in [1.54, 1.807) is 0 Å². The van der Waals surface area contributed by atoms with Crippen LogP contribution in [0.5, 0.6) is 0 Å². The highest BCUT2D eigenvalue weighted by molar-refractivity contribution is 5.95. The fourth-order valence-electron chi connectivity index (χ4n) is 3.09. The molecule has 0 radical (unpaired) electrons. The molecule has 0 saturated heterocycles. The van der Waals surface area contributed by atoms with E-state index >= 15 is 0 Å². The van der Waals surface area contributed by atoms with Crippen molar-refractivity contribution >= 4 is 5.78 Å². The largest absolute Gasteiger partial charge is 0.294 e. The monoisotopic (exact) mass is 332 g/mol. The summed E-state index contributed by atoms with van der Waals surface area (Å²) in [5.74, 6) is 0.286. The Hall–Kier alpha value is -1.18. The van der Waals surface area contributed by atoms with Crippen LogP contribution in [0.25, 0.3) is 0 Å². The summed E-state index contributed by atoms with van der Waals surface area (Å²) in [6, 6.07) is 3.96. The van der Waals surface area contributed by atoms with E-state index in [1.807, 2.05) is 18.3 Å². The molecule has 2 nitrogen and oxygen atoms in total. The summed E-state index contributed by atoms with van der Waals surface area (Å²) in [7, 11) is 0. The minimum absolute atomic E-state index is 0.286. The Balaban J connectivity index is 2.11. The van der Waals surface area contributed by atoms with Crippen LogP contribution in [0.1, 0.15) is 108 Å². The van der Waals surface area contributed by atoms with Gasteiger partial charge in [-0.2, -0.15) is 0 Å². The third-order valence-electron chi connectivity index (χ3n) is 4.71. The molecule has 0 aliphatic rings. The topological polar surface area (TPSA) is 20.9 Å². The first-order valence-electron chi connectivity index (χ1n) is 10.3. The van der Waals surface area contributed by atoms with Crippen LogP contribution in [0.3, 0.4) is 0 Å². The van der Waals surface area contributed by atoms with Gasteiger partial charge in [0.2, 0.25) is 0 Å². The van der Waals surface area contributed by atoms with Crippen LogP contribution < -0.4 is 4.57 Å². The maximum absolute atomic E-state index is 12.1. The summed E-state index contributed by atoms with van der Waals surface area (Å²) >= 11 is 0. The van der Waals surface area contributed by atoms with Crippen LogP contribution in [0, 0.1) is 0 Å². The van der Waals surface area contributed by atoms with E-state index in [2.05, 4.69) is 24.6 Å². The standard InChI is InChI=1S/C22H38NO/c1-3-5-7-8-9-10-11-12-13-14-18-23-19-15-16-21(20-23)22(24)17-6-4-2/h15-16,19-20H,3-14,17-18H2,1-2H3/q+1. The van der Waals surface area contributed by atoms with Gasteiger partial charge < -0.3 is 0 Å². The Morgan fingerprint density at radius 3 is 2.04 bits per heavy atom. The van der Waals surface area contributed by atoms with E-state index in [4.69, 9.17) is 0 Å². The number of unbranched alkanes of at least 4 members (excludes halogenated alkanes) is 10. The van der Waals surface area contributed by atoms with E-state index < -0.39 is 0 Å². The number of hydrogen-bond acceptors (Lipinski definition) is 1. The van der Waals surface area contributed by atoms with Crippen LogP contribution in [-0.4, -0.2) is 5.78 Å². The lowest BCUT2D eigenvalue weighted by atomic mass is 10.1. The second kappa shape index (κ2) is 14.2. The van der Waals surface area contributed by atoms with Crippen LogP contribution in [0.15, 0.2) is 24.5 Å². The Labute approximate surface area is 149 Å². The Morgan fingerprint density at radius 2 is 1.42 bits per heavy atom. The van der Waals surface area contributed by atoms with Gasteiger partial charge in [-0.05, 0) is 18.9 Å². The van der Waals surface area contributed by atoms with Crippen LogP contribution in [-0.2, 0) is 6.54 Å². The van der Waals surface area contributed by atoms with Crippen molar-refractivity contribution in [2.45, 2.75) is 104 Å². The molecule has 1 heterocycles. The zero-order valence-electron chi connectivity index (χ0n) is 16.1. The maximum atomic E-state index is 12.1. The predicted molar refractivity (Wildman–Crippen MR) is 102 cm³/mol. The lowest BCUT2D eigenvalue weighted by molar-refractivity contribution is -0.697. The molecule has 2 heteroatoms. The number of nitrogens with zero attached hydrogens (tertiary/aromatic N) is 1. The lowest BCUT2D eigenvalue weighted by Crippen LogP contribution is -2.33. The molecule has 0 aliphatic carbocycles. The van der Waals surface area contributed by atoms with Crippen LogP contribution >= 0.6 is 0 Å². The molecule has 0 N–H and O–H groups in total. The number of carbonyl (C=O) groups is 1. The molecule has 136 valence electrons. The average molecular weight is 333 g/mol. The van der Waals surface area contributed by atoms with Gasteiger partial charge in [-0.1, -0.05) is 71.6 Å². The van der Waals surface area contributed by atoms with Gasteiger partial charge in [-0.25, -0.2) is 4.57 Å². The molecule has 1 aromatic heterocycles. The normalized spacial score (nSPS) is 10.9.